The number of primary amides is 1. The first-order chi connectivity index (χ1) is 10.1. The number of anilines is 1. The molecule has 0 atom stereocenters. The van der Waals surface area contributed by atoms with Gasteiger partial charge in [0.15, 0.2) is 0 Å². The van der Waals surface area contributed by atoms with E-state index < -0.39 is 5.91 Å². The Hall–Kier alpha value is -2.28. The van der Waals surface area contributed by atoms with Gasteiger partial charge in [-0.05, 0) is 13.1 Å². The Morgan fingerprint density at radius 1 is 1.29 bits per heavy atom. The molecule has 1 saturated heterocycles. The van der Waals surface area contributed by atoms with Gasteiger partial charge in [0.2, 0.25) is 11.9 Å². The second-order valence-corrected chi connectivity index (χ2v) is 5.30. The Morgan fingerprint density at radius 2 is 2.05 bits per heavy atom. The van der Waals surface area contributed by atoms with E-state index in [2.05, 4.69) is 31.8 Å². The highest BCUT2D eigenvalue weighted by Gasteiger charge is 2.18. The maximum absolute atomic E-state index is 11.3. The number of carbonyl (C=O) groups excluding carboxylic acids is 1. The summed E-state index contributed by atoms with van der Waals surface area (Å²) in [5.41, 5.74) is 6.75. The van der Waals surface area contributed by atoms with Gasteiger partial charge in [0, 0.05) is 37.8 Å². The van der Waals surface area contributed by atoms with E-state index >= 15 is 0 Å². The number of hydrogen-bond donors (Lipinski definition) is 1. The van der Waals surface area contributed by atoms with Crippen LogP contribution in [0.15, 0.2) is 18.5 Å². The van der Waals surface area contributed by atoms with Gasteiger partial charge in [-0.15, -0.1) is 0 Å². The first kappa shape index (κ1) is 13.7. The van der Waals surface area contributed by atoms with E-state index in [-0.39, 0.29) is 6.42 Å². The molecule has 21 heavy (non-hydrogen) atoms. The first-order valence-electron chi connectivity index (χ1n) is 6.96. The topological polar surface area (TPSA) is 88.2 Å². The molecule has 0 saturated carbocycles. The maximum atomic E-state index is 11.3. The van der Waals surface area contributed by atoms with Crippen LogP contribution in [0.3, 0.4) is 0 Å². The van der Waals surface area contributed by atoms with E-state index in [1.807, 2.05) is 6.07 Å². The normalized spacial score (nSPS) is 16.3. The number of pyridine rings is 1. The van der Waals surface area contributed by atoms with Crippen LogP contribution in [0.25, 0.3) is 10.9 Å². The Labute approximate surface area is 122 Å². The molecule has 0 aliphatic carbocycles. The summed E-state index contributed by atoms with van der Waals surface area (Å²) in [4.78, 5) is 28.9. The number of hydrogen-bond acceptors (Lipinski definition) is 6. The Balaban J connectivity index is 2.01. The number of rotatable bonds is 3. The molecule has 2 aromatic heterocycles. The van der Waals surface area contributed by atoms with E-state index in [1.54, 1.807) is 12.4 Å². The van der Waals surface area contributed by atoms with Crippen LogP contribution >= 0.6 is 0 Å². The highest BCUT2D eigenvalue weighted by atomic mass is 16.1. The van der Waals surface area contributed by atoms with Crippen LogP contribution in [0.1, 0.15) is 5.69 Å². The molecule has 1 amide bonds. The average Bonchev–Trinajstić information content (AvgIpc) is 2.47. The second kappa shape index (κ2) is 5.61. The highest BCUT2D eigenvalue weighted by Crippen LogP contribution is 2.20. The van der Waals surface area contributed by atoms with Crippen LogP contribution in [0.4, 0.5) is 5.95 Å². The fraction of sp³-hybridized carbons (Fsp3) is 0.429. The van der Waals surface area contributed by atoms with Crippen molar-refractivity contribution < 1.29 is 4.79 Å². The molecule has 1 aliphatic heterocycles. The zero-order valence-electron chi connectivity index (χ0n) is 12.0. The summed E-state index contributed by atoms with van der Waals surface area (Å²) in [6.07, 6.45) is 3.48. The lowest BCUT2D eigenvalue weighted by molar-refractivity contribution is -0.117. The molecule has 0 aromatic carbocycles. The summed E-state index contributed by atoms with van der Waals surface area (Å²) in [6.45, 7) is 3.69. The quantitative estimate of drug-likeness (QED) is 0.841. The van der Waals surface area contributed by atoms with Gasteiger partial charge in [-0.2, -0.15) is 0 Å². The molecule has 1 fully saturated rings. The van der Waals surface area contributed by atoms with Crippen molar-refractivity contribution in [3.8, 4) is 0 Å². The fourth-order valence-electron chi connectivity index (χ4n) is 2.48. The van der Waals surface area contributed by atoms with Crippen LogP contribution in [-0.4, -0.2) is 59.0 Å². The molecular formula is C14H18N6O. The zero-order chi connectivity index (χ0) is 14.8. The van der Waals surface area contributed by atoms with E-state index in [0.717, 1.165) is 37.1 Å². The largest absolute Gasteiger partial charge is 0.369 e. The average molecular weight is 286 g/mol. The molecule has 0 spiro atoms. The summed E-state index contributed by atoms with van der Waals surface area (Å²) in [5.74, 6) is 0.260. The van der Waals surface area contributed by atoms with Crippen LogP contribution in [-0.2, 0) is 11.2 Å². The second-order valence-electron chi connectivity index (χ2n) is 5.30. The van der Waals surface area contributed by atoms with E-state index in [0.29, 0.717) is 11.6 Å². The van der Waals surface area contributed by atoms with Crippen LogP contribution in [0, 0.1) is 0 Å². The van der Waals surface area contributed by atoms with Crippen molar-refractivity contribution >= 4 is 22.8 Å². The summed E-state index contributed by atoms with van der Waals surface area (Å²) >= 11 is 0. The predicted molar refractivity (Wildman–Crippen MR) is 79.9 cm³/mol. The Bertz CT molecular complexity index is 666. The number of nitrogens with two attached hydrogens (primary N) is 1. The molecule has 2 N–H and O–H groups in total. The van der Waals surface area contributed by atoms with Crippen molar-refractivity contribution in [3.05, 3.63) is 24.2 Å². The number of aromatic nitrogens is 3. The zero-order valence-corrected chi connectivity index (χ0v) is 12.0. The van der Waals surface area contributed by atoms with Gasteiger partial charge in [-0.1, -0.05) is 0 Å². The minimum Gasteiger partial charge on any atom is -0.369 e. The van der Waals surface area contributed by atoms with Crippen molar-refractivity contribution in [2.75, 3.05) is 38.1 Å². The van der Waals surface area contributed by atoms with E-state index in [4.69, 9.17) is 5.73 Å². The first-order valence-corrected chi connectivity index (χ1v) is 6.96. The highest BCUT2D eigenvalue weighted by molar-refractivity contribution is 5.86. The van der Waals surface area contributed by atoms with Crippen molar-refractivity contribution in [3.63, 3.8) is 0 Å². The number of likely N-dealkylation sites (N-methyl/N-ethyl adjacent to an activating group) is 1. The molecular weight excluding hydrogens is 268 g/mol. The lowest BCUT2D eigenvalue weighted by Gasteiger charge is -2.32. The number of fused-ring (bicyclic) bond motifs is 1. The van der Waals surface area contributed by atoms with Gasteiger partial charge in [0.05, 0.1) is 23.8 Å². The number of nitrogens with zero attached hydrogens (tertiary/aromatic N) is 5. The smallest absolute Gasteiger partial charge is 0.226 e. The molecule has 0 unspecified atom stereocenters. The lowest BCUT2D eigenvalue weighted by atomic mass is 10.2. The molecule has 0 radical (unpaired) electrons. The third-order valence-electron chi connectivity index (χ3n) is 3.69. The van der Waals surface area contributed by atoms with Gasteiger partial charge < -0.3 is 15.5 Å². The molecule has 7 heteroatoms. The van der Waals surface area contributed by atoms with Gasteiger partial charge >= 0.3 is 0 Å². The molecule has 1 aliphatic rings. The van der Waals surface area contributed by atoms with Crippen LogP contribution in [0.5, 0.6) is 0 Å². The molecule has 7 nitrogen and oxygen atoms in total. The van der Waals surface area contributed by atoms with Crippen molar-refractivity contribution in [2.45, 2.75) is 6.42 Å². The number of amides is 1. The van der Waals surface area contributed by atoms with E-state index in [1.165, 1.54) is 0 Å². The summed E-state index contributed by atoms with van der Waals surface area (Å²) in [6, 6.07) is 1.82. The summed E-state index contributed by atoms with van der Waals surface area (Å²) in [7, 11) is 2.10. The summed E-state index contributed by atoms with van der Waals surface area (Å²) in [5, 5.41) is 0.835. The lowest BCUT2D eigenvalue weighted by Crippen LogP contribution is -2.45. The van der Waals surface area contributed by atoms with E-state index in [9.17, 15) is 4.79 Å². The maximum Gasteiger partial charge on any atom is 0.226 e. The molecule has 3 heterocycles. The van der Waals surface area contributed by atoms with Gasteiger partial charge in [-0.25, -0.2) is 9.97 Å². The fourth-order valence-corrected chi connectivity index (χ4v) is 2.48. The molecule has 0 bridgehead atoms. The number of carbonyl (C=O) groups is 1. The molecule has 2 aromatic rings. The van der Waals surface area contributed by atoms with Crippen LogP contribution < -0.4 is 10.6 Å². The van der Waals surface area contributed by atoms with Crippen molar-refractivity contribution in [1.82, 2.24) is 19.9 Å². The van der Waals surface area contributed by atoms with Gasteiger partial charge in [-0.3, -0.25) is 9.78 Å². The van der Waals surface area contributed by atoms with Crippen molar-refractivity contribution in [2.24, 2.45) is 5.73 Å². The van der Waals surface area contributed by atoms with Crippen molar-refractivity contribution in [1.29, 1.82) is 0 Å². The molecule has 3 rings (SSSR count). The monoisotopic (exact) mass is 286 g/mol. The minimum atomic E-state index is -0.392. The third kappa shape index (κ3) is 2.92. The van der Waals surface area contributed by atoms with Crippen LogP contribution in [0.2, 0.25) is 0 Å². The molecule has 110 valence electrons. The minimum absolute atomic E-state index is 0.115. The predicted octanol–water partition coefficient (Wildman–Crippen LogP) is -0.196. The number of piperazine rings is 1. The Morgan fingerprint density at radius 3 is 2.76 bits per heavy atom. The SMILES string of the molecule is CN1CCN(c2nc(CC(N)=O)c3ccncc3n2)CC1. The Kier molecular flexibility index (Phi) is 3.66. The summed E-state index contributed by atoms with van der Waals surface area (Å²) < 4.78 is 0. The third-order valence-corrected chi connectivity index (χ3v) is 3.69. The van der Waals surface area contributed by atoms with Gasteiger partial charge in [0.1, 0.15) is 0 Å². The van der Waals surface area contributed by atoms with Gasteiger partial charge in [0.25, 0.3) is 0 Å². The standard InChI is InChI=1S/C14H18N6O/c1-19-4-6-20(7-5-19)14-17-11(8-13(15)21)10-2-3-16-9-12(10)18-14/h2-3,9H,4-8H2,1H3,(H2,15,21).